The summed E-state index contributed by atoms with van der Waals surface area (Å²) in [7, 11) is 0. The van der Waals surface area contributed by atoms with Gasteiger partial charge in [0, 0.05) is 12.3 Å². The van der Waals surface area contributed by atoms with Crippen molar-refractivity contribution in [2.45, 2.75) is 32.3 Å². The van der Waals surface area contributed by atoms with Crippen LogP contribution in [0.1, 0.15) is 31.2 Å². The fourth-order valence-electron chi connectivity index (χ4n) is 2.95. The monoisotopic (exact) mass is 244 g/mol. The van der Waals surface area contributed by atoms with Crippen molar-refractivity contribution >= 4 is 11.8 Å². The van der Waals surface area contributed by atoms with Crippen LogP contribution in [0.4, 0.5) is 0 Å². The summed E-state index contributed by atoms with van der Waals surface area (Å²) in [4.78, 5) is 23.7. The SMILES string of the molecule is O=C1CCCC2(C(=O)OCc3ccccc3)CC12. The van der Waals surface area contributed by atoms with Crippen molar-refractivity contribution in [2.75, 3.05) is 0 Å². The summed E-state index contributed by atoms with van der Waals surface area (Å²) in [6, 6.07) is 9.64. The topological polar surface area (TPSA) is 43.4 Å². The van der Waals surface area contributed by atoms with Crippen molar-refractivity contribution in [3.63, 3.8) is 0 Å². The number of hydrogen-bond acceptors (Lipinski definition) is 3. The molecule has 0 aliphatic heterocycles. The highest BCUT2D eigenvalue weighted by Gasteiger charge is 2.65. The van der Waals surface area contributed by atoms with Crippen LogP contribution in [0, 0.1) is 11.3 Å². The predicted octanol–water partition coefficient (Wildman–Crippen LogP) is 2.49. The fourth-order valence-corrected chi connectivity index (χ4v) is 2.95. The van der Waals surface area contributed by atoms with E-state index < -0.39 is 5.41 Å². The van der Waals surface area contributed by atoms with E-state index in [1.807, 2.05) is 30.3 Å². The number of carbonyl (C=O) groups excluding carboxylic acids is 2. The maximum Gasteiger partial charge on any atom is 0.313 e. The number of carbonyl (C=O) groups is 2. The Kier molecular flexibility index (Phi) is 2.69. The highest BCUT2D eigenvalue weighted by atomic mass is 16.5. The zero-order valence-electron chi connectivity index (χ0n) is 10.2. The van der Waals surface area contributed by atoms with Crippen LogP contribution >= 0.6 is 0 Å². The van der Waals surface area contributed by atoms with Gasteiger partial charge in [-0.15, -0.1) is 0 Å². The summed E-state index contributed by atoms with van der Waals surface area (Å²) in [5.74, 6) is 0.0248. The molecule has 3 nitrogen and oxygen atoms in total. The fraction of sp³-hybridized carbons (Fsp3) is 0.467. The number of rotatable bonds is 3. The molecule has 0 saturated heterocycles. The van der Waals surface area contributed by atoms with Gasteiger partial charge in [0.05, 0.1) is 5.41 Å². The minimum absolute atomic E-state index is 0.0467. The van der Waals surface area contributed by atoms with Crippen LogP contribution in [-0.2, 0) is 20.9 Å². The molecule has 2 aliphatic rings. The molecule has 18 heavy (non-hydrogen) atoms. The van der Waals surface area contributed by atoms with Crippen molar-refractivity contribution in [2.24, 2.45) is 11.3 Å². The van der Waals surface area contributed by atoms with Gasteiger partial charge in [-0.1, -0.05) is 30.3 Å². The van der Waals surface area contributed by atoms with E-state index in [1.165, 1.54) is 0 Å². The highest BCUT2D eigenvalue weighted by molar-refractivity contribution is 5.95. The van der Waals surface area contributed by atoms with E-state index in [0.717, 1.165) is 18.4 Å². The molecule has 0 amide bonds. The lowest BCUT2D eigenvalue weighted by Gasteiger charge is -2.19. The maximum absolute atomic E-state index is 12.1. The summed E-state index contributed by atoms with van der Waals surface area (Å²) < 4.78 is 5.37. The molecule has 0 N–H and O–H groups in total. The zero-order chi connectivity index (χ0) is 12.6. The van der Waals surface area contributed by atoms with Crippen molar-refractivity contribution < 1.29 is 14.3 Å². The van der Waals surface area contributed by atoms with E-state index in [9.17, 15) is 9.59 Å². The van der Waals surface area contributed by atoms with Crippen LogP contribution in [0.25, 0.3) is 0 Å². The Labute approximate surface area is 106 Å². The maximum atomic E-state index is 12.1. The summed E-state index contributed by atoms with van der Waals surface area (Å²) in [5, 5.41) is 0. The molecule has 2 fully saturated rings. The van der Waals surface area contributed by atoms with Crippen LogP contribution in [0.15, 0.2) is 30.3 Å². The lowest BCUT2D eigenvalue weighted by molar-refractivity contribution is -0.154. The first kappa shape index (κ1) is 11.5. The largest absolute Gasteiger partial charge is 0.460 e. The molecule has 2 saturated carbocycles. The summed E-state index contributed by atoms with van der Waals surface area (Å²) in [6.07, 6.45) is 2.99. The van der Waals surface area contributed by atoms with E-state index in [4.69, 9.17) is 4.74 Å². The molecule has 1 aromatic rings. The molecule has 0 radical (unpaired) electrons. The molecule has 94 valence electrons. The summed E-state index contributed by atoms with van der Waals surface area (Å²) >= 11 is 0. The molecule has 0 spiro atoms. The number of ether oxygens (including phenoxy) is 1. The van der Waals surface area contributed by atoms with Gasteiger partial charge in [0.1, 0.15) is 12.4 Å². The molecule has 2 aliphatic carbocycles. The Morgan fingerprint density at radius 3 is 2.89 bits per heavy atom. The lowest BCUT2D eigenvalue weighted by Crippen LogP contribution is -2.27. The van der Waals surface area contributed by atoms with Gasteiger partial charge in [0.25, 0.3) is 0 Å². The minimum Gasteiger partial charge on any atom is -0.460 e. The minimum atomic E-state index is -0.454. The Morgan fingerprint density at radius 1 is 1.33 bits per heavy atom. The standard InChI is InChI=1S/C15H16O3/c16-13-7-4-8-15(9-12(13)15)14(17)18-10-11-5-2-1-3-6-11/h1-3,5-6,12H,4,7-10H2. The van der Waals surface area contributed by atoms with Crippen molar-refractivity contribution in [1.29, 1.82) is 0 Å². The number of hydrogen-bond donors (Lipinski definition) is 0. The molecule has 3 heteroatoms. The number of esters is 1. The third-order valence-corrected chi connectivity index (χ3v) is 4.13. The Morgan fingerprint density at radius 2 is 2.11 bits per heavy atom. The van der Waals surface area contributed by atoms with Crippen molar-refractivity contribution in [3.8, 4) is 0 Å². The van der Waals surface area contributed by atoms with Gasteiger partial charge >= 0.3 is 5.97 Å². The summed E-state index contributed by atoms with van der Waals surface area (Å²) in [5.41, 5.74) is 0.533. The van der Waals surface area contributed by atoms with Gasteiger partial charge in [-0.2, -0.15) is 0 Å². The van der Waals surface area contributed by atoms with E-state index in [1.54, 1.807) is 0 Å². The zero-order valence-corrected chi connectivity index (χ0v) is 10.2. The van der Waals surface area contributed by atoms with Gasteiger partial charge in [0.15, 0.2) is 0 Å². The Hall–Kier alpha value is -1.64. The van der Waals surface area contributed by atoms with Crippen LogP contribution < -0.4 is 0 Å². The number of fused-ring (bicyclic) bond motifs is 1. The molecule has 2 atom stereocenters. The van der Waals surface area contributed by atoms with Crippen molar-refractivity contribution in [3.05, 3.63) is 35.9 Å². The Balaban J connectivity index is 1.61. The van der Waals surface area contributed by atoms with Crippen LogP contribution in [0.2, 0.25) is 0 Å². The second-order valence-corrected chi connectivity index (χ2v) is 5.29. The van der Waals surface area contributed by atoms with Gasteiger partial charge < -0.3 is 4.74 Å². The molecule has 3 rings (SSSR count). The number of Topliss-reactive ketones (excluding diaryl/α,β-unsaturated/α-hetero) is 1. The smallest absolute Gasteiger partial charge is 0.313 e. The molecule has 0 heterocycles. The average Bonchev–Trinajstić information content (AvgIpc) is 3.15. The molecular formula is C15H16O3. The molecule has 1 aromatic carbocycles. The second kappa shape index (κ2) is 4.23. The number of benzene rings is 1. The Bertz CT molecular complexity index is 480. The second-order valence-electron chi connectivity index (χ2n) is 5.29. The van der Waals surface area contributed by atoms with Gasteiger partial charge in [0.2, 0.25) is 0 Å². The lowest BCUT2D eigenvalue weighted by atomic mass is 9.88. The number of ketones is 1. The van der Waals surface area contributed by atoms with Crippen LogP contribution in [0.3, 0.4) is 0 Å². The third-order valence-electron chi connectivity index (χ3n) is 4.13. The molecule has 2 unspecified atom stereocenters. The quantitative estimate of drug-likeness (QED) is 0.767. The van der Waals surface area contributed by atoms with Gasteiger partial charge in [-0.25, -0.2) is 0 Å². The molecule has 0 bridgehead atoms. The molecule has 0 aromatic heterocycles. The van der Waals surface area contributed by atoms with Crippen LogP contribution in [-0.4, -0.2) is 11.8 Å². The first-order valence-corrected chi connectivity index (χ1v) is 6.46. The summed E-state index contributed by atoms with van der Waals surface area (Å²) in [6.45, 7) is 0.308. The molecular weight excluding hydrogens is 228 g/mol. The van der Waals surface area contributed by atoms with E-state index in [0.29, 0.717) is 19.4 Å². The first-order valence-electron chi connectivity index (χ1n) is 6.46. The van der Waals surface area contributed by atoms with E-state index in [2.05, 4.69) is 0 Å². The van der Waals surface area contributed by atoms with Crippen LogP contribution in [0.5, 0.6) is 0 Å². The normalized spacial score (nSPS) is 29.6. The van der Waals surface area contributed by atoms with E-state index >= 15 is 0 Å². The third kappa shape index (κ3) is 1.84. The average molecular weight is 244 g/mol. The first-order chi connectivity index (χ1) is 8.72. The van der Waals surface area contributed by atoms with E-state index in [-0.39, 0.29) is 17.7 Å². The predicted molar refractivity (Wildman–Crippen MR) is 65.6 cm³/mol. The van der Waals surface area contributed by atoms with Gasteiger partial charge in [-0.05, 0) is 24.8 Å². The highest BCUT2D eigenvalue weighted by Crippen LogP contribution is 2.60. The van der Waals surface area contributed by atoms with Crippen molar-refractivity contribution in [1.82, 2.24) is 0 Å². The van der Waals surface area contributed by atoms with Gasteiger partial charge in [-0.3, -0.25) is 9.59 Å².